The Labute approximate surface area is 95.8 Å². The maximum Gasteiger partial charge on any atom is 0.310 e. The van der Waals surface area contributed by atoms with Crippen LogP contribution in [0.25, 0.3) is 0 Å². The lowest BCUT2D eigenvalue weighted by molar-refractivity contribution is -0.146. The number of carbonyl (C=O) groups excluding carboxylic acids is 1. The number of nitrogens with one attached hydrogen (secondary N) is 1. The van der Waals surface area contributed by atoms with Crippen LogP contribution in [-0.4, -0.2) is 19.6 Å². The zero-order valence-corrected chi connectivity index (χ0v) is 9.69. The highest BCUT2D eigenvalue weighted by Crippen LogP contribution is 2.29. The molecule has 0 saturated heterocycles. The summed E-state index contributed by atoms with van der Waals surface area (Å²) < 4.78 is 4.80. The van der Waals surface area contributed by atoms with Gasteiger partial charge in [-0.3, -0.25) is 4.79 Å². The van der Waals surface area contributed by atoms with Crippen molar-refractivity contribution in [3.63, 3.8) is 0 Å². The minimum Gasteiger partial charge on any atom is -0.469 e. The van der Waals surface area contributed by atoms with Gasteiger partial charge in [-0.25, -0.2) is 0 Å². The predicted molar refractivity (Wildman–Crippen MR) is 62.1 cm³/mol. The molecule has 0 bridgehead atoms. The summed E-state index contributed by atoms with van der Waals surface area (Å²) >= 11 is 0. The van der Waals surface area contributed by atoms with Gasteiger partial charge in [0.2, 0.25) is 0 Å². The number of fused-ring (bicyclic) bond motifs is 1. The van der Waals surface area contributed by atoms with Gasteiger partial charge in [-0.2, -0.15) is 0 Å². The fraction of sp³-hybridized carbons (Fsp3) is 0.462. The maximum atomic E-state index is 11.6. The molecule has 1 aliphatic rings. The minimum absolute atomic E-state index is 0.0809. The Bertz CT molecular complexity index is 389. The molecule has 86 valence electrons. The Morgan fingerprint density at radius 1 is 1.50 bits per heavy atom. The molecule has 3 heteroatoms. The summed E-state index contributed by atoms with van der Waals surface area (Å²) in [7, 11) is 1.44. The average Bonchev–Trinajstić information content (AvgIpc) is 2.36. The summed E-state index contributed by atoms with van der Waals surface area (Å²) in [6, 6.07) is 8.36. The van der Waals surface area contributed by atoms with Crippen LogP contribution < -0.4 is 5.32 Å². The van der Waals surface area contributed by atoms with Crippen molar-refractivity contribution >= 4 is 5.97 Å². The van der Waals surface area contributed by atoms with Crippen LogP contribution in [0, 0.1) is 5.92 Å². The van der Waals surface area contributed by atoms with Crippen LogP contribution in [0.15, 0.2) is 24.3 Å². The second-order valence-electron chi connectivity index (χ2n) is 4.19. The number of esters is 1. The maximum absolute atomic E-state index is 11.6. The summed E-state index contributed by atoms with van der Waals surface area (Å²) in [5, 5.41) is 3.39. The Morgan fingerprint density at radius 3 is 3.00 bits per heavy atom. The van der Waals surface area contributed by atoms with Crippen molar-refractivity contribution in [3.8, 4) is 0 Å². The van der Waals surface area contributed by atoms with Gasteiger partial charge < -0.3 is 10.1 Å². The smallest absolute Gasteiger partial charge is 0.310 e. The minimum atomic E-state index is -0.158. The molecule has 3 nitrogen and oxygen atoms in total. The third kappa shape index (κ3) is 1.95. The monoisotopic (exact) mass is 219 g/mol. The van der Waals surface area contributed by atoms with Crippen molar-refractivity contribution in [1.29, 1.82) is 0 Å². The Hall–Kier alpha value is -1.35. The summed E-state index contributed by atoms with van der Waals surface area (Å²) in [5.41, 5.74) is 2.56. The van der Waals surface area contributed by atoms with Crippen molar-refractivity contribution in [1.82, 2.24) is 5.32 Å². The van der Waals surface area contributed by atoms with Gasteiger partial charge in [0.1, 0.15) is 0 Å². The first-order chi connectivity index (χ1) is 7.74. The van der Waals surface area contributed by atoms with E-state index in [4.69, 9.17) is 4.74 Å². The molecule has 0 saturated carbocycles. The molecule has 0 aromatic heterocycles. The molecule has 0 spiro atoms. The molecule has 0 amide bonds. The zero-order chi connectivity index (χ0) is 11.5. The number of ether oxygens (including phenoxy) is 1. The number of hydrogen-bond acceptors (Lipinski definition) is 3. The number of benzene rings is 1. The van der Waals surface area contributed by atoms with Crippen LogP contribution in [0.2, 0.25) is 0 Å². The molecule has 0 radical (unpaired) electrons. The van der Waals surface area contributed by atoms with Gasteiger partial charge in [0.25, 0.3) is 0 Å². The molecule has 1 aliphatic heterocycles. The first kappa shape index (κ1) is 11.1. The van der Waals surface area contributed by atoms with Gasteiger partial charge >= 0.3 is 5.97 Å². The number of hydrogen-bond donors (Lipinski definition) is 1. The van der Waals surface area contributed by atoms with E-state index in [1.165, 1.54) is 18.2 Å². The molecule has 0 fully saturated rings. The van der Waals surface area contributed by atoms with Gasteiger partial charge in [0.05, 0.1) is 13.0 Å². The Morgan fingerprint density at radius 2 is 2.25 bits per heavy atom. The van der Waals surface area contributed by atoms with E-state index in [1.807, 2.05) is 19.1 Å². The number of rotatable bonds is 2. The van der Waals surface area contributed by atoms with E-state index in [1.54, 1.807) is 0 Å². The van der Waals surface area contributed by atoms with Crippen LogP contribution in [0.3, 0.4) is 0 Å². The third-order valence-electron chi connectivity index (χ3n) is 3.22. The van der Waals surface area contributed by atoms with Crippen LogP contribution in [0.5, 0.6) is 0 Å². The summed E-state index contributed by atoms with van der Waals surface area (Å²) in [5.74, 6) is -0.305. The molecule has 2 rings (SSSR count). The summed E-state index contributed by atoms with van der Waals surface area (Å²) in [4.78, 5) is 11.6. The second kappa shape index (κ2) is 4.66. The van der Waals surface area contributed by atoms with Crippen molar-refractivity contribution in [2.75, 3.05) is 13.7 Å². The van der Waals surface area contributed by atoms with Gasteiger partial charge in [-0.15, -0.1) is 0 Å². The third-order valence-corrected chi connectivity index (χ3v) is 3.22. The van der Waals surface area contributed by atoms with Crippen molar-refractivity contribution < 1.29 is 9.53 Å². The first-order valence-electron chi connectivity index (χ1n) is 5.63. The van der Waals surface area contributed by atoms with Crippen molar-refractivity contribution in [2.45, 2.75) is 19.4 Å². The molecule has 2 atom stereocenters. The van der Waals surface area contributed by atoms with E-state index in [0.29, 0.717) is 0 Å². The van der Waals surface area contributed by atoms with Crippen LogP contribution in [0.1, 0.15) is 24.1 Å². The molecular weight excluding hydrogens is 202 g/mol. The van der Waals surface area contributed by atoms with Gasteiger partial charge in [-0.05, 0) is 24.1 Å². The van der Waals surface area contributed by atoms with Gasteiger partial charge in [-0.1, -0.05) is 31.2 Å². The predicted octanol–water partition coefficient (Wildman–Crippen LogP) is 1.68. The van der Waals surface area contributed by atoms with E-state index >= 15 is 0 Å². The number of methoxy groups -OCH3 is 1. The van der Waals surface area contributed by atoms with Gasteiger partial charge in [0.15, 0.2) is 0 Å². The molecule has 0 unspecified atom stereocenters. The quantitative estimate of drug-likeness (QED) is 0.769. The fourth-order valence-corrected chi connectivity index (χ4v) is 2.31. The van der Waals surface area contributed by atoms with E-state index in [-0.39, 0.29) is 17.9 Å². The first-order valence-corrected chi connectivity index (χ1v) is 5.63. The highest BCUT2D eigenvalue weighted by molar-refractivity contribution is 5.73. The second-order valence-corrected chi connectivity index (χ2v) is 4.19. The summed E-state index contributed by atoms with van der Waals surface area (Å²) in [6.07, 6.45) is 1.03. The molecule has 16 heavy (non-hydrogen) atoms. The SMILES string of the molecule is COC(=O)[C@H](C)[C@H]1NCCc2ccccc21. The lowest BCUT2D eigenvalue weighted by Crippen LogP contribution is -2.37. The average molecular weight is 219 g/mol. The topological polar surface area (TPSA) is 38.3 Å². The highest BCUT2D eigenvalue weighted by atomic mass is 16.5. The lowest BCUT2D eigenvalue weighted by Gasteiger charge is -2.30. The molecule has 1 aromatic carbocycles. The van der Waals surface area contributed by atoms with Gasteiger partial charge in [0, 0.05) is 6.04 Å². The standard InChI is InChI=1S/C13H17NO2/c1-9(13(15)16-2)12-11-6-4-3-5-10(11)7-8-14-12/h3-6,9,12,14H,7-8H2,1-2H3/t9-,12-/m1/s1. The Balaban J connectivity index is 2.28. The highest BCUT2D eigenvalue weighted by Gasteiger charge is 2.29. The molecule has 1 N–H and O–H groups in total. The molecule has 0 aliphatic carbocycles. The molecular formula is C13H17NO2. The summed E-state index contributed by atoms with van der Waals surface area (Å²) in [6.45, 7) is 2.83. The normalized spacial score (nSPS) is 21.0. The number of carbonyl (C=O) groups is 1. The molecule has 1 heterocycles. The van der Waals surface area contributed by atoms with Crippen molar-refractivity contribution in [2.24, 2.45) is 5.92 Å². The van der Waals surface area contributed by atoms with Crippen LogP contribution >= 0.6 is 0 Å². The molecule has 1 aromatic rings. The van der Waals surface area contributed by atoms with E-state index in [9.17, 15) is 4.79 Å². The fourth-order valence-electron chi connectivity index (χ4n) is 2.31. The Kier molecular flexibility index (Phi) is 3.25. The van der Waals surface area contributed by atoms with Crippen LogP contribution in [-0.2, 0) is 16.0 Å². The van der Waals surface area contributed by atoms with Crippen molar-refractivity contribution in [3.05, 3.63) is 35.4 Å². The van der Waals surface area contributed by atoms with E-state index < -0.39 is 0 Å². The largest absolute Gasteiger partial charge is 0.469 e. The van der Waals surface area contributed by atoms with Crippen LogP contribution in [0.4, 0.5) is 0 Å². The lowest BCUT2D eigenvalue weighted by atomic mass is 9.87. The van der Waals surface area contributed by atoms with E-state index in [0.717, 1.165) is 13.0 Å². The zero-order valence-electron chi connectivity index (χ0n) is 9.69. The van der Waals surface area contributed by atoms with E-state index in [2.05, 4.69) is 17.4 Å².